The predicted octanol–water partition coefficient (Wildman–Crippen LogP) is 4.05. The molecule has 1 aliphatic heterocycles. The van der Waals surface area contributed by atoms with Gasteiger partial charge in [0.15, 0.2) is 0 Å². The van der Waals surface area contributed by atoms with Gasteiger partial charge in [-0.2, -0.15) is 0 Å². The topological polar surface area (TPSA) is 129 Å². The number of carboxylic acid groups (broad SMARTS) is 1. The molecule has 0 saturated heterocycles. The number of amides is 1. The molecular formula is C29H30N4O4. The fraction of sp³-hybridized carbons (Fsp3) is 0.276. The van der Waals surface area contributed by atoms with Gasteiger partial charge in [-0.3, -0.25) is 10.2 Å². The fourth-order valence-corrected chi connectivity index (χ4v) is 4.84. The van der Waals surface area contributed by atoms with Gasteiger partial charge in [-0.1, -0.05) is 6.07 Å². The van der Waals surface area contributed by atoms with Crippen molar-refractivity contribution in [3.8, 4) is 16.9 Å². The summed E-state index contributed by atoms with van der Waals surface area (Å²) in [5, 5.41) is 20.7. The van der Waals surface area contributed by atoms with Crippen molar-refractivity contribution in [3.05, 3.63) is 82.4 Å². The summed E-state index contributed by atoms with van der Waals surface area (Å²) in [4.78, 5) is 27.3. The number of aromatic carboxylic acids is 1. The molecule has 2 aliphatic rings. The molecule has 0 bridgehead atoms. The molecule has 37 heavy (non-hydrogen) atoms. The minimum Gasteiger partial charge on any atom is -0.497 e. The van der Waals surface area contributed by atoms with E-state index in [0.29, 0.717) is 47.0 Å². The Kier molecular flexibility index (Phi) is 6.56. The standard InChI is InChI=1S/C29H30N4O4/c1-37-22-7-8-23(25(14-22)29(35)36)24-13-20(28(34)32-15-17-2-3-17)4-5-21(24)16-33-11-10-18-12-19(27(30)31)6-9-26(18)33/h4-9,12-14,17H,2-3,10-11,15-16H2,1H3,(H3,30,31)(H,32,34)(H,35,36). The van der Waals surface area contributed by atoms with Gasteiger partial charge in [-0.05, 0) is 96.0 Å². The molecule has 1 aliphatic carbocycles. The molecule has 5 N–H and O–H groups in total. The number of fused-ring (bicyclic) bond motifs is 1. The van der Waals surface area contributed by atoms with E-state index in [1.165, 1.54) is 13.2 Å². The van der Waals surface area contributed by atoms with Crippen molar-refractivity contribution >= 4 is 23.4 Å². The highest BCUT2D eigenvalue weighted by Crippen LogP contribution is 2.35. The minimum atomic E-state index is -1.06. The molecule has 190 valence electrons. The second kappa shape index (κ2) is 9.97. The molecule has 1 fully saturated rings. The average molecular weight is 499 g/mol. The lowest BCUT2D eigenvalue weighted by Gasteiger charge is -2.23. The monoisotopic (exact) mass is 498 g/mol. The lowest BCUT2D eigenvalue weighted by Crippen LogP contribution is -2.26. The van der Waals surface area contributed by atoms with Crippen LogP contribution in [-0.4, -0.2) is 43.0 Å². The second-order valence-electron chi connectivity index (χ2n) is 9.67. The SMILES string of the molecule is COc1ccc(-c2cc(C(=O)NCC3CC3)ccc2CN2CCc3cc(C(=N)N)ccc32)c(C(=O)O)c1. The summed E-state index contributed by atoms with van der Waals surface area (Å²) >= 11 is 0. The maximum atomic E-state index is 12.9. The number of amidine groups is 1. The van der Waals surface area contributed by atoms with Gasteiger partial charge in [0.1, 0.15) is 11.6 Å². The Labute approximate surface area is 215 Å². The maximum absolute atomic E-state index is 12.9. The van der Waals surface area contributed by atoms with E-state index >= 15 is 0 Å². The molecule has 8 heteroatoms. The van der Waals surface area contributed by atoms with Crippen molar-refractivity contribution in [2.24, 2.45) is 11.7 Å². The van der Waals surface area contributed by atoms with Gasteiger partial charge in [0.2, 0.25) is 0 Å². The van der Waals surface area contributed by atoms with Crippen molar-refractivity contribution in [2.45, 2.75) is 25.8 Å². The number of hydrogen-bond donors (Lipinski definition) is 4. The third-order valence-corrected chi connectivity index (χ3v) is 7.11. The van der Waals surface area contributed by atoms with Crippen LogP contribution < -0.4 is 20.7 Å². The number of nitrogens with zero attached hydrogens (tertiary/aromatic N) is 1. The fourth-order valence-electron chi connectivity index (χ4n) is 4.84. The van der Waals surface area contributed by atoms with Crippen molar-refractivity contribution in [3.63, 3.8) is 0 Å². The Balaban J connectivity index is 1.53. The summed E-state index contributed by atoms with van der Waals surface area (Å²) in [6, 6.07) is 16.3. The van der Waals surface area contributed by atoms with Crippen LogP contribution >= 0.6 is 0 Å². The maximum Gasteiger partial charge on any atom is 0.336 e. The Morgan fingerprint density at radius 2 is 1.86 bits per heavy atom. The highest BCUT2D eigenvalue weighted by atomic mass is 16.5. The van der Waals surface area contributed by atoms with Crippen molar-refractivity contribution in [1.29, 1.82) is 5.41 Å². The number of rotatable bonds is 9. The zero-order valence-electron chi connectivity index (χ0n) is 20.7. The first kappa shape index (κ1) is 24.4. The molecule has 1 saturated carbocycles. The first-order valence-electron chi connectivity index (χ1n) is 12.4. The number of nitrogens with two attached hydrogens (primary N) is 1. The van der Waals surface area contributed by atoms with Gasteiger partial charge >= 0.3 is 5.97 Å². The number of anilines is 1. The summed E-state index contributed by atoms with van der Waals surface area (Å²) in [6.07, 6.45) is 3.11. The molecule has 0 atom stereocenters. The number of hydrogen-bond acceptors (Lipinski definition) is 5. The van der Waals surface area contributed by atoms with Gasteiger partial charge < -0.3 is 25.8 Å². The summed E-state index contributed by atoms with van der Waals surface area (Å²) in [7, 11) is 1.50. The third kappa shape index (κ3) is 5.14. The summed E-state index contributed by atoms with van der Waals surface area (Å²) in [6.45, 7) is 1.98. The largest absolute Gasteiger partial charge is 0.497 e. The van der Waals surface area contributed by atoms with Gasteiger partial charge in [-0.15, -0.1) is 0 Å². The van der Waals surface area contributed by atoms with Crippen LogP contribution in [-0.2, 0) is 13.0 Å². The molecule has 8 nitrogen and oxygen atoms in total. The van der Waals surface area contributed by atoms with E-state index in [4.69, 9.17) is 15.9 Å². The van der Waals surface area contributed by atoms with Gasteiger partial charge in [-0.25, -0.2) is 4.79 Å². The number of carboxylic acids is 1. The van der Waals surface area contributed by atoms with E-state index in [2.05, 4.69) is 10.2 Å². The molecule has 1 amide bonds. The molecule has 0 radical (unpaired) electrons. The number of ether oxygens (including phenoxy) is 1. The summed E-state index contributed by atoms with van der Waals surface area (Å²) in [5.41, 5.74) is 11.3. The summed E-state index contributed by atoms with van der Waals surface area (Å²) in [5.74, 6) is -0.169. The van der Waals surface area contributed by atoms with Crippen LogP contribution in [0.4, 0.5) is 5.69 Å². The number of carbonyl (C=O) groups is 2. The molecule has 3 aromatic rings. The molecule has 0 spiro atoms. The zero-order valence-corrected chi connectivity index (χ0v) is 20.7. The number of nitrogens with one attached hydrogen (secondary N) is 2. The van der Waals surface area contributed by atoms with Gasteiger partial charge in [0.25, 0.3) is 5.91 Å². The predicted molar refractivity (Wildman–Crippen MR) is 143 cm³/mol. The van der Waals surface area contributed by atoms with Crippen LogP contribution in [0.1, 0.15) is 50.2 Å². The Morgan fingerprint density at radius 1 is 1.08 bits per heavy atom. The number of methoxy groups -OCH3 is 1. The van der Waals surface area contributed by atoms with E-state index in [1.807, 2.05) is 24.3 Å². The quantitative estimate of drug-likeness (QED) is 0.260. The first-order valence-corrected chi connectivity index (χ1v) is 12.4. The molecular weight excluding hydrogens is 468 g/mol. The van der Waals surface area contributed by atoms with Crippen LogP contribution in [0.5, 0.6) is 5.75 Å². The Hall–Kier alpha value is -4.33. The van der Waals surface area contributed by atoms with Crippen molar-refractivity contribution < 1.29 is 19.4 Å². The smallest absolute Gasteiger partial charge is 0.336 e. The number of carbonyl (C=O) groups excluding carboxylic acids is 1. The van der Waals surface area contributed by atoms with Crippen LogP contribution in [0, 0.1) is 11.3 Å². The molecule has 5 rings (SSSR count). The van der Waals surface area contributed by atoms with Crippen molar-refractivity contribution in [2.75, 3.05) is 25.1 Å². The zero-order chi connectivity index (χ0) is 26.1. The number of nitrogen functional groups attached to an aromatic ring is 1. The van der Waals surface area contributed by atoms with Gasteiger partial charge in [0.05, 0.1) is 12.7 Å². The molecule has 0 unspecified atom stereocenters. The van der Waals surface area contributed by atoms with E-state index in [1.54, 1.807) is 24.3 Å². The first-order chi connectivity index (χ1) is 17.8. The van der Waals surface area contributed by atoms with Crippen LogP contribution in [0.25, 0.3) is 11.1 Å². The molecule has 1 heterocycles. The molecule has 0 aromatic heterocycles. The minimum absolute atomic E-state index is 0.0415. The van der Waals surface area contributed by atoms with Crippen LogP contribution in [0.2, 0.25) is 0 Å². The highest BCUT2D eigenvalue weighted by molar-refractivity contribution is 6.00. The lowest BCUT2D eigenvalue weighted by atomic mass is 9.92. The van der Waals surface area contributed by atoms with Gasteiger partial charge in [0, 0.05) is 36.4 Å². The third-order valence-electron chi connectivity index (χ3n) is 7.11. The molecule has 3 aromatic carbocycles. The number of benzene rings is 3. The Bertz CT molecular complexity index is 1400. The second-order valence-corrected chi connectivity index (χ2v) is 9.67. The normalized spacial score (nSPS) is 14.2. The van der Waals surface area contributed by atoms with E-state index in [0.717, 1.165) is 42.6 Å². The average Bonchev–Trinajstić information content (AvgIpc) is 3.66. The van der Waals surface area contributed by atoms with Crippen LogP contribution in [0.3, 0.4) is 0 Å². The Morgan fingerprint density at radius 3 is 2.57 bits per heavy atom. The highest BCUT2D eigenvalue weighted by Gasteiger charge is 2.25. The summed E-state index contributed by atoms with van der Waals surface area (Å²) < 4.78 is 5.26. The van der Waals surface area contributed by atoms with E-state index < -0.39 is 5.97 Å². The van der Waals surface area contributed by atoms with E-state index in [-0.39, 0.29) is 17.3 Å². The van der Waals surface area contributed by atoms with E-state index in [9.17, 15) is 14.7 Å². The lowest BCUT2D eigenvalue weighted by molar-refractivity contribution is 0.0697. The van der Waals surface area contributed by atoms with Crippen LogP contribution in [0.15, 0.2) is 54.6 Å². The van der Waals surface area contributed by atoms with Crippen molar-refractivity contribution in [1.82, 2.24) is 5.32 Å².